The lowest BCUT2D eigenvalue weighted by molar-refractivity contribution is 0.102. The molecule has 0 atom stereocenters. The molecule has 0 aliphatic carbocycles. The minimum atomic E-state index is -0.314. The zero-order valence-electron chi connectivity index (χ0n) is 10.3. The van der Waals surface area contributed by atoms with Crippen molar-refractivity contribution in [2.45, 2.75) is 0 Å². The Morgan fingerprint density at radius 3 is 2.74 bits per heavy atom. The Morgan fingerprint density at radius 1 is 1.26 bits per heavy atom. The van der Waals surface area contributed by atoms with Crippen molar-refractivity contribution in [1.82, 2.24) is 0 Å². The monoisotopic (exact) mass is 276 g/mol. The molecule has 0 bridgehead atoms. The normalized spacial score (nSPS) is 10.0. The highest BCUT2D eigenvalue weighted by Crippen LogP contribution is 2.24. The predicted molar refractivity (Wildman–Crippen MR) is 76.8 cm³/mol. The summed E-state index contributed by atoms with van der Waals surface area (Å²) in [6, 6.07) is 12.0. The smallest absolute Gasteiger partial charge is 0.257 e. The number of nitrogen functional groups attached to an aromatic ring is 1. The predicted octanol–water partition coefficient (Wildman–Crippen LogP) is 3.18. The lowest BCUT2D eigenvalue weighted by atomic mass is 10.2. The second-order valence-electron chi connectivity index (χ2n) is 3.89. The Bertz CT molecular complexity index is 614. The van der Waals surface area contributed by atoms with Gasteiger partial charge in [0.25, 0.3) is 5.91 Å². The van der Waals surface area contributed by atoms with Crippen LogP contribution in [0.25, 0.3) is 0 Å². The maximum atomic E-state index is 12.1. The van der Waals surface area contributed by atoms with Crippen molar-refractivity contribution in [2.75, 3.05) is 18.2 Å². The number of anilines is 2. The number of carbonyl (C=O) groups excluding carboxylic acids is 1. The summed E-state index contributed by atoms with van der Waals surface area (Å²) in [6.45, 7) is 0. The lowest BCUT2D eigenvalue weighted by Gasteiger charge is -2.09. The van der Waals surface area contributed by atoms with E-state index in [-0.39, 0.29) is 10.9 Å². The number of halogens is 1. The minimum Gasteiger partial charge on any atom is -0.497 e. The highest BCUT2D eigenvalue weighted by molar-refractivity contribution is 6.36. The molecule has 98 valence electrons. The molecule has 0 heterocycles. The fourth-order valence-corrected chi connectivity index (χ4v) is 1.84. The molecule has 2 aromatic rings. The summed E-state index contributed by atoms with van der Waals surface area (Å²) in [5.41, 5.74) is 7.01. The van der Waals surface area contributed by atoms with Crippen LogP contribution in [0.1, 0.15) is 10.4 Å². The fraction of sp³-hybridized carbons (Fsp3) is 0.0714. The molecule has 0 aliphatic heterocycles. The first-order valence-electron chi connectivity index (χ1n) is 5.61. The van der Waals surface area contributed by atoms with Crippen LogP contribution < -0.4 is 15.8 Å². The maximum absolute atomic E-state index is 12.1. The molecule has 4 nitrogen and oxygen atoms in total. The molecule has 5 heteroatoms. The summed E-state index contributed by atoms with van der Waals surface area (Å²) < 4.78 is 5.09. The molecule has 1 amide bonds. The van der Waals surface area contributed by atoms with E-state index in [1.54, 1.807) is 49.6 Å². The number of benzene rings is 2. The Labute approximate surface area is 116 Å². The molecule has 0 aliphatic rings. The zero-order chi connectivity index (χ0) is 13.8. The van der Waals surface area contributed by atoms with E-state index in [9.17, 15) is 4.79 Å². The van der Waals surface area contributed by atoms with E-state index in [4.69, 9.17) is 22.1 Å². The highest BCUT2D eigenvalue weighted by Gasteiger charge is 2.12. The van der Waals surface area contributed by atoms with E-state index in [0.717, 1.165) is 0 Å². The van der Waals surface area contributed by atoms with Gasteiger partial charge in [-0.1, -0.05) is 23.7 Å². The van der Waals surface area contributed by atoms with E-state index < -0.39 is 0 Å². The summed E-state index contributed by atoms with van der Waals surface area (Å²) in [4.78, 5) is 12.1. The third-order valence-electron chi connectivity index (χ3n) is 2.60. The fourth-order valence-electron chi connectivity index (χ4n) is 1.62. The molecule has 0 spiro atoms. The lowest BCUT2D eigenvalue weighted by Crippen LogP contribution is -2.13. The van der Waals surface area contributed by atoms with Gasteiger partial charge in [0.15, 0.2) is 0 Å². The Kier molecular flexibility index (Phi) is 3.92. The van der Waals surface area contributed by atoms with Crippen molar-refractivity contribution in [3.63, 3.8) is 0 Å². The molecule has 2 aromatic carbocycles. The van der Waals surface area contributed by atoms with Crippen LogP contribution in [0.3, 0.4) is 0 Å². The molecule has 0 fully saturated rings. The first kappa shape index (κ1) is 13.2. The largest absolute Gasteiger partial charge is 0.497 e. The third kappa shape index (κ3) is 2.98. The number of ether oxygens (including phenoxy) is 1. The third-order valence-corrected chi connectivity index (χ3v) is 3.02. The second-order valence-corrected chi connectivity index (χ2v) is 4.27. The number of rotatable bonds is 3. The van der Waals surface area contributed by atoms with Crippen molar-refractivity contribution in [2.24, 2.45) is 0 Å². The van der Waals surface area contributed by atoms with Gasteiger partial charge < -0.3 is 15.8 Å². The number of hydrogen-bond acceptors (Lipinski definition) is 3. The zero-order valence-corrected chi connectivity index (χ0v) is 11.1. The standard InChI is InChI=1S/C14H13ClN2O2/c1-19-10-5-2-4-9(8-10)17-14(18)11-6-3-7-12(16)13(11)15/h2-8H,16H2,1H3,(H,17,18). The van der Waals surface area contributed by atoms with Gasteiger partial charge in [-0.15, -0.1) is 0 Å². The quantitative estimate of drug-likeness (QED) is 0.846. The summed E-state index contributed by atoms with van der Waals surface area (Å²) in [5.74, 6) is 0.349. The Morgan fingerprint density at radius 2 is 2.00 bits per heavy atom. The van der Waals surface area contributed by atoms with E-state index in [1.165, 1.54) is 0 Å². The van der Waals surface area contributed by atoms with Gasteiger partial charge in [-0.25, -0.2) is 0 Å². The van der Waals surface area contributed by atoms with Crippen molar-refractivity contribution in [3.05, 3.63) is 53.1 Å². The van der Waals surface area contributed by atoms with Crippen molar-refractivity contribution >= 4 is 28.9 Å². The van der Waals surface area contributed by atoms with E-state index in [1.807, 2.05) is 0 Å². The Balaban J connectivity index is 2.23. The van der Waals surface area contributed by atoms with Gasteiger partial charge in [0, 0.05) is 11.8 Å². The van der Waals surface area contributed by atoms with Crippen molar-refractivity contribution < 1.29 is 9.53 Å². The van der Waals surface area contributed by atoms with Crippen LogP contribution in [0.5, 0.6) is 5.75 Å². The number of amides is 1. The van der Waals surface area contributed by atoms with Crippen LogP contribution in [0, 0.1) is 0 Å². The molecular weight excluding hydrogens is 264 g/mol. The van der Waals surface area contributed by atoms with Gasteiger partial charge in [-0.05, 0) is 24.3 Å². The summed E-state index contributed by atoms with van der Waals surface area (Å²) in [5, 5.41) is 2.99. The van der Waals surface area contributed by atoms with Gasteiger partial charge in [0.05, 0.1) is 23.4 Å². The molecular formula is C14H13ClN2O2. The molecule has 0 saturated heterocycles. The molecule has 3 N–H and O–H groups in total. The molecule has 2 rings (SSSR count). The number of carbonyl (C=O) groups is 1. The van der Waals surface area contributed by atoms with E-state index in [0.29, 0.717) is 22.7 Å². The average molecular weight is 277 g/mol. The number of nitrogens with two attached hydrogens (primary N) is 1. The number of hydrogen-bond donors (Lipinski definition) is 2. The molecule has 0 saturated carbocycles. The molecule has 0 radical (unpaired) electrons. The van der Waals surface area contributed by atoms with Crippen LogP contribution in [0.4, 0.5) is 11.4 Å². The summed E-state index contributed by atoms with van der Waals surface area (Å²) >= 11 is 6.00. The number of nitrogens with one attached hydrogen (secondary N) is 1. The summed E-state index contributed by atoms with van der Waals surface area (Å²) in [6.07, 6.45) is 0. The second kappa shape index (κ2) is 5.63. The van der Waals surface area contributed by atoms with E-state index in [2.05, 4.69) is 5.32 Å². The summed E-state index contributed by atoms with van der Waals surface area (Å²) in [7, 11) is 1.57. The van der Waals surface area contributed by atoms with Crippen molar-refractivity contribution in [1.29, 1.82) is 0 Å². The van der Waals surface area contributed by atoms with Gasteiger partial charge in [-0.3, -0.25) is 4.79 Å². The van der Waals surface area contributed by atoms with Crippen LogP contribution in [0.2, 0.25) is 5.02 Å². The minimum absolute atomic E-state index is 0.253. The van der Waals surface area contributed by atoms with Crippen LogP contribution >= 0.6 is 11.6 Å². The molecule has 0 aromatic heterocycles. The number of methoxy groups -OCH3 is 1. The maximum Gasteiger partial charge on any atom is 0.257 e. The first-order valence-corrected chi connectivity index (χ1v) is 5.99. The first-order chi connectivity index (χ1) is 9.11. The average Bonchev–Trinajstić information content (AvgIpc) is 2.42. The topological polar surface area (TPSA) is 64.3 Å². The SMILES string of the molecule is COc1cccc(NC(=O)c2cccc(N)c2Cl)c1. The van der Waals surface area contributed by atoms with Gasteiger partial charge >= 0.3 is 0 Å². The highest BCUT2D eigenvalue weighted by atomic mass is 35.5. The van der Waals surface area contributed by atoms with E-state index >= 15 is 0 Å². The van der Waals surface area contributed by atoms with Crippen LogP contribution in [0.15, 0.2) is 42.5 Å². The van der Waals surface area contributed by atoms with Crippen molar-refractivity contribution in [3.8, 4) is 5.75 Å². The Hall–Kier alpha value is -2.20. The van der Waals surface area contributed by atoms with Crippen LogP contribution in [-0.2, 0) is 0 Å². The van der Waals surface area contributed by atoms with Gasteiger partial charge in [0.1, 0.15) is 5.75 Å². The molecule has 19 heavy (non-hydrogen) atoms. The van der Waals surface area contributed by atoms with Gasteiger partial charge in [0.2, 0.25) is 0 Å². The van der Waals surface area contributed by atoms with Crippen LogP contribution in [-0.4, -0.2) is 13.0 Å². The molecule has 0 unspecified atom stereocenters. The van der Waals surface area contributed by atoms with Gasteiger partial charge in [-0.2, -0.15) is 0 Å².